The molecule has 1 saturated heterocycles. The van der Waals surface area contributed by atoms with Crippen LogP contribution in [0.15, 0.2) is 65.8 Å². The van der Waals surface area contributed by atoms with Crippen molar-refractivity contribution in [2.24, 2.45) is 4.99 Å². The number of hydrogen-bond donors (Lipinski definition) is 0. The molecular weight excluding hydrogens is 400 g/mol. The number of carbonyl (C=O) groups is 2. The van der Waals surface area contributed by atoms with Gasteiger partial charge < -0.3 is 4.90 Å². The van der Waals surface area contributed by atoms with Crippen molar-refractivity contribution in [2.45, 2.75) is 33.4 Å². The number of piperazine rings is 1. The van der Waals surface area contributed by atoms with Gasteiger partial charge in [-0.1, -0.05) is 48.5 Å². The van der Waals surface area contributed by atoms with Crippen molar-refractivity contribution in [3.8, 4) is 0 Å². The highest BCUT2D eigenvalue weighted by Gasteiger charge is 2.25. The van der Waals surface area contributed by atoms with Crippen molar-refractivity contribution >= 4 is 22.7 Å². The summed E-state index contributed by atoms with van der Waals surface area (Å²) in [6.45, 7) is 9.41. The topological polar surface area (TPSA) is 57.9 Å². The first kappa shape index (κ1) is 22.0. The quantitative estimate of drug-likeness (QED) is 0.589. The molecule has 0 radical (unpaired) electrons. The van der Waals surface area contributed by atoms with E-state index < -0.39 is 0 Å². The number of Topliss-reactive ketones (excluding diaryl/α,β-unsaturated/α-hetero) is 1. The third-order valence-corrected chi connectivity index (χ3v) is 6.10. The first-order chi connectivity index (χ1) is 15.5. The second-order valence-electron chi connectivity index (χ2n) is 8.54. The summed E-state index contributed by atoms with van der Waals surface area (Å²) >= 11 is 0. The Balaban J connectivity index is 1.77. The molecule has 3 aromatic rings. The Morgan fingerprint density at radius 2 is 1.59 bits per heavy atom. The zero-order valence-electron chi connectivity index (χ0n) is 19.0. The van der Waals surface area contributed by atoms with Crippen molar-refractivity contribution in [1.29, 1.82) is 0 Å². The highest BCUT2D eigenvalue weighted by molar-refractivity contribution is 5.99. The highest BCUT2D eigenvalue weighted by atomic mass is 16.2. The van der Waals surface area contributed by atoms with Gasteiger partial charge in [-0.25, -0.2) is 4.79 Å². The lowest BCUT2D eigenvalue weighted by Gasteiger charge is -2.37. The Morgan fingerprint density at radius 1 is 0.938 bits per heavy atom. The Hall–Kier alpha value is -3.25. The van der Waals surface area contributed by atoms with E-state index in [0.29, 0.717) is 36.6 Å². The van der Waals surface area contributed by atoms with Gasteiger partial charge in [0.05, 0.1) is 23.0 Å². The van der Waals surface area contributed by atoms with E-state index in [1.807, 2.05) is 59.5 Å². The fraction of sp³-hybridized carbons (Fsp3) is 0.346. The van der Waals surface area contributed by atoms with Gasteiger partial charge in [-0.3, -0.25) is 19.3 Å². The molecule has 32 heavy (non-hydrogen) atoms. The molecule has 1 aliphatic rings. The number of ketones is 1. The molecule has 1 amide bonds. The molecule has 6 heteroatoms. The van der Waals surface area contributed by atoms with Crippen LogP contribution in [-0.2, 0) is 6.54 Å². The lowest BCUT2D eigenvalue weighted by Crippen LogP contribution is -2.51. The van der Waals surface area contributed by atoms with Crippen LogP contribution in [0.3, 0.4) is 0 Å². The van der Waals surface area contributed by atoms with Crippen LogP contribution in [0.2, 0.25) is 0 Å². The van der Waals surface area contributed by atoms with E-state index in [4.69, 9.17) is 4.99 Å². The maximum Gasteiger partial charge on any atom is 0.328 e. The molecule has 166 valence electrons. The summed E-state index contributed by atoms with van der Waals surface area (Å²) in [6.07, 6.45) is 1.67. The monoisotopic (exact) mass is 430 g/mol. The predicted molar refractivity (Wildman–Crippen MR) is 127 cm³/mol. The van der Waals surface area contributed by atoms with Gasteiger partial charge >= 0.3 is 6.03 Å². The van der Waals surface area contributed by atoms with Crippen molar-refractivity contribution in [3.63, 3.8) is 0 Å². The third-order valence-electron chi connectivity index (χ3n) is 6.10. The van der Waals surface area contributed by atoms with Gasteiger partial charge in [0.2, 0.25) is 0 Å². The van der Waals surface area contributed by atoms with Gasteiger partial charge in [0.25, 0.3) is 0 Å². The van der Waals surface area contributed by atoms with E-state index in [1.165, 1.54) is 6.92 Å². The lowest BCUT2D eigenvalue weighted by molar-refractivity contribution is 0.101. The summed E-state index contributed by atoms with van der Waals surface area (Å²) in [7, 11) is 0. The SMILES string of the molecule is CC(=O)c1cn(C(=O)N2CCN(C(C)C)CC2)c2ccccc2c1=NCc1ccccc1. The zero-order chi connectivity index (χ0) is 22.7. The van der Waals surface area contributed by atoms with Crippen LogP contribution in [-0.4, -0.2) is 58.4 Å². The number of para-hydroxylation sites is 1. The van der Waals surface area contributed by atoms with Crippen molar-refractivity contribution in [1.82, 2.24) is 14.4 Å². The Bertz CT molecular complexity index is 1190. The summed E-state index contributed by atoms with van der Waals surface area (Å²) in [4.78, 5) is 35.1. The van der Waals surface area contributed by atoms with Crippen LogP contribution in [0.25, 0.3) is 10.9 Å². The van der Waals surface area contributed by atoms with Crippen molar-refractivity contribution < 1.29 is 9.59 Å². The molecule has 6 nitrogen and oxygen atoms in total. The molecular formula is C26H30N4O2. The third kappa shape index (κ3) is 4.50. The largest absolute Gasteiger partial charge is 0.328 e. The predicted octanol–water partition coefficient (Wildman–Crippen LogP) is 3.94. The van der Waals surface area contributed by atoms with E-state index in [9.17, 15) is 9.59 Å². The molecule has 0 atom stereocenters. The molecule has 0 bridgehead atoms. The normalized spacial score (nSPS) is 15.5. The minimum atomic E-state index is -0.103. The van der Waals surface area contributed by atoms with Gasteiger partial charge in [-0.2, -0.15) is 0 Å². The van der Waals surface area contributed by atoms with Crippen LogP contribution < -0.4 is 5.36 Å². The smallest absolute Gasteiger partial charge is 0.321 e. The molecule has 0 saturated carbocycles. The minimum absolute atomic E-state index is 0.0956. The summed E-state index contributed by atoms with van der Waals surface area (Å²) in [5.74, 6) is -0.103. The van der Waals surface area contributed by atoms with E-state index in [1.54, 1.807) is 10.8 Å². The first-order valence-electron chi connectivity index (χ1n) is 11.2. The zero-order valence-corrected chi connectivity index (χ0v) is 19.0. The van der Waals surface area contributed by atoms with E-state index in [2.05, 4.69) is 18.7 Å². The van der Waals surface area contributed by atoms with E-state index in [-0.39, 0.29) is 11.8 Å². The number of fused-ring (bicyclic) bond motifs is 1. The Morgan fingerprint density at radius 3 is 2.25 bits per heavy atom. The molecule has 4 rings (SSSR count). The molecule has 0 N–H and O–H groups in total. The molecule has 1 aromatic heterocycles. The molecule has 0 unspecified atom stereocenters. The number of carbonyl (C=O) groups excluding carboxylic acids is 2. The molecule has 1 aliphatic heterocycles. The van der Waals surface area contributed by atoms with Crippen LogP contribution in [0.4, 0.5) is 4.79 Å². The molecule has 0 spiro atoms. The maximum absolute atomic E-state index is 13.5. The Labute approximate surface area is 188 Å². The van der Waals surface area contributed by atoms with Crippen LogP contribution in [0.5, 0.6) is 0 Å². The second kappa shape index (κ2) is 9.49. The Kier molecular flexibility index (Phi) is 6.51. The first-order valence-corrected chi connectivity index (χ1v) is 11.2. The highest BCUT2D eigenvalue weighted by Crippen LogP contribution is 2.16. The number of hydrogen-bond acceptors (Lipinski definition) is 4. The van der Waals surface area contributed by atoms with E-state index in [0.717, 1.165) is 29.6 Å². The average molecular weight is 431 g/mol. The number of rotatable bonds is 4. The molecule has 1 fully saturated rings. The van der Waals surface area contributed by atoms with Gasteiger partial charge in [0.15, 0.2) is 5.78 Å². The number of aromatic nitrogens is 1. The molecule has 0 aliphatic carbocycles. The second-order valence-corrected chi connectivity index (χ2v) is 8.54. The van der Waals surface area contributed by atoms with Crippen molar-refractivity contribution in [2.75, 3.05) is 26.2 Å². The van der Waals surface area contributed by atoms with Gasteiger partial charge in [-0.15, -0.1) is 0 Å². The lowest BCUT2D eigenvalue weighted by atomic mass is 10.1. The van der Waals surface area contributed by atoms with Crippen LogP contribution in [0, 0.1) is 0 Å². The number of nitrogens with zero attached hydrogens (tertiary/aromatic N) is 4. The fourth-order valence-electron chi connectivity index (χ4n) is 4.21. The van der Waals surface area contributed by atoms with Gasteiger partial charge in [0, 0.05) is 43.8 Å². The summed E-state index contributed by atoms with van der Waals surface area (Å²) in [5.41, 5.74) is 2.30. The van der Waals surface area contributed by atoms with Crippen molar-refractivity contribution in [3.05, 3.63) is 77.3 Å². The van der Waals surface area contributed by atoms with Crippen LogP contribution in [0.1, 0.15) is 36.7 Å². The summed E-state index contributed by atoms with van der Waals surface area (Å²) in [5, 5.41) is 1.45. The fourth-order valence-corrected chi connectivity index (χ4v) is 4.21. The molecule has 2 aromatic carbocycles. The minimum Gasteiger partial charge on any atom is -0.321 e. The summed E-state index contributed by atoms with van der Waals surface area (Å²) in [6, 6.07) is 18.0. The standard InChI is InChI=1S/C26H30N4O2/c1-19(2)28-13-15-29(16-14-28)26(32)30-18-23(20(3)31)25(22-11-7-8-12-24(22)30)27-17-21-9-5-4-6-10-21/h4-12,18-19H,13-17H2,1-3H3. The number of benzene rings is 2. The van der Waals surface area contributed by atoms with Gasteiger partial charge in [-0.05, 0) is 32.4 Å². The maximum atomic E-state index is 13.5. The average Bonchev–Trinajstić information content (AvgIpc) is 2.82. The van der Waals surface area contributed by atoms with Crippen LogP contribution >= 0.6 is 0 Å². The van der Waals surface area contributed by atoms with E-state index >= 15 is 0 Å². The number of amides is 1. The molecule has 2 heterocycles. The number of pyridine rings is 1. The summed E-state index contributed by atoms with van der Waals surface area (Å²) < 4.78 is 1.62. The van der Waals surface area contributed by atoms with Gasteiger partial charge in [0.1, 0.15) is 0 Å².